The van der Waals surface area contributed by atoms with Crippen molar-refractivity contribution >= 4 is 6.21 Å². The first-order chi connectivity index (χ1) is 10.6. The molecule has 0 spiro atoms. The summed E-state index contributed by atoms with van der Waals surface area (Å²) in [5, 5.41) is 11.7. The summed E-state index contributed by atoms with van der Waals surface area (Å²) in [6.07, 6.45) is 7.23. The second kappa shape index (κ2) is 11.0. The fourth-order valence-electron chi connectivity index (χ4n) is 2.13. The summed E-state index contributed by atoms with van der Waals surface area (Å²) in [7, 11) is 0. The van der Waals surface area contributed by atoms with E-state index in [2.05, 4.69) is 26.8 Å². The molecule has 1 unspecified atom stereocenters. The van der Waals surface area contributed by atoms with Crippen molar-refractivity contribution < 1.29 is 9.48 Å². The molecule has 122 valence electrons. The van der Waals surface area contributed by atoms with Gasteiger partial charge in [0, 0.05) is 12.2 Å². The van der Waals surface area contributed by atoms with E-state index in [1.807, 2.05) is 30.3 Å². The first-order valence-electron chi connectivity index (χ1n) is 8.10. The van der Waals surface area contributed by atoms with Crippen molar-refractivity contribution in [1.29, 1.82) is 0 Å². The second-order valence-electron chi connectivity index (χ2n) is 6.07. The number of hydroxylamine groups is 1. The number of hydrogen-bond acceptors (Lipinski definition) is 2. The third-order valence-electron chi connectivity index (χ3n) is 3.54. The van der Waals surface area contributed by atoms with Gasteiger partial charge in [0.15, 0.2) is 12.8 Å². The molecule has 0 saturated heterocycles. The predicted octanol–water partition coefficient (Wildman–Crippen LogP) is 4.56. The van der Waals surface area contributed by atoms with Crippen LogP contribution in [-0.2, 0) is 11.3 Å². The second-order valence-corrected chi connectivity index (χ2v) is 6.07. The highest BCUT2D eigenvalue weighted by molar-refractivity contribution is 5.52. The maximum absolute atomic E-state index is 11.7. The Morgan fingerprint density at radius 3 is 2.64 bits per heavy atom. The third-order valence-corrected chi connectivity index (χ3v) is 3.54. The molecule has 0 aliphatic heterocycles. The number of benzene rings is 1. The lowest BCUT2D eigenvalue weighted by Gasteiger charge is -2.09. The van der Waals surface area contributed by atoms with Crippen LogP contribution in [0.3, 0.4) is 0 Å². The van der Waals surface area contributed by atoms with E-state index in [4.69, 9.17) is 4.74 Å². The number of ether oxygens (including phenoxy) is 1. The molecular formula is C19H29NO2. The van der Waals surface area contributed by atoms with E-state index in [0.717, 1.165) is 23.1 Å². The van der Waals surface area contributed by atoms with E-state index >= 15 is 0 Å². The summed E-state index contributed by atoms with van der Waals surface area (Å²) in [6.45, 7) is 7.99. The maximum Gasteiger partial charge on any atom is 0.178 e. The smallest absolute Gasteiger partial charge is 0.178 e. The minimum atomic E-state index is 0.378. The Bertz CT molecular complexity index is 462. The van der Waals surface area contributed by atoms with Gasteiger partial charge in [-0.25, -0.2) is 4.74 Å². The van der Waals surface area contributed by atoms with Gasteiger partial charge >= 0.3 is 0 Å². The van der Waals surface area contributed by atoms with Gasteiger partial charge in [0.05, 0.1) is 0 Å². The van der Waals surface area contributed by atoms with Crippen LogP contribution in [0.25, 0.3) is 0 Å². The Morgan fingerprint density at radius 2 is 1.95 bits per heavy atom. The Balaban J connectivity index is 2.11. The Kier molecular flexibility index (Phi) is 9.24. The van der Waals surface area contributed by atoms with E-state index in [-0.39, 0.29) is 0 Å². The summed E-state index contributed by atoms with van der Waals surface area (Å²) in [6, 6.07) is 9.73. The van der Waals surface area contributed by atoms with Crippen molar-refractivity contribution in [2.75, 3.05) is 13.2 Å². The van der Waals surface area contributed by atoms with Gasteiger partial charge in [-0.1, -0.05) is 48.9 Å². The zero-order valence-electron chi connectivity index (χ0n) is 14.1. The maximum atomic E-state index is 11.7. The molecule has 0 aliphatic carbocycles. The van der Waals surface area contributed by atoms with Crippen LogP contribution in [0, 0.1) is 11.1 Å². The van der Waals surface area contributed by atoms with Crippen LogP contribution in [0.15, 0.2) is 42.0 Å². The van der Waals surface area contributed by atoms with Gasteiger partial charge in [-0.05, 0) is 39.0 Å². The molecule has 22 heavy (non-hydrogen) atoms. The molecule has 0 aliphatic rings. The topological polar surface area (TPSA) is 35.3 Å². The van der Waals surface area contributed by atoms with Crippen LogP contribution in [-0.4, -0.2) is 24.2 Å². The van der Waals surface area contributed by atoms with Gasteiger partial charge < -0.3 is 9.94 Å². The molecule has 1 atom stereocenters. The summed E-state index contributed by atoms with van der Waals surface area (Å²) >= 11 is 0. The zero-order valence-corrected chi connectivity index (χ0v) is 14.1. The number of allylic oxidation sites excluding steroid dienone is 2. The number of rotatable bonds is 10. The average molecular weight is 303 g/mol. The van der Waals surface area contributed by atoms with Gasteiger partial charge in [-0.15, -0.1) is 0 Å². The summed E-state index contributed by atoms with van der Waals surface area (Å²) in [4.78, 5) is 0. The molecule has 0 fully saturated rings. The molecule has 3 heteroatoms. The molecule has 0 amide bonds. The van der Waals surface area contributed by atoms with Crippen molar-refractivity contribution in [3.05, 3.63) is 52.8 Å². The fourth-order valence-corrected chi connectivity index (χ4v) is 2.13. The molecule has 0 heterocycles. The zero-order chi connectivity index (χ0) is 16.2. The third kappa shape index (κ3) is 9.35. The van der Waals surface area contributed by atoms with E-state index in [1.54, 1.807) is 6.21 Å². The van der Waals surface area contributed by atoms with Gasteiger partial charge in [0.1, 0.15) is 6.61 Å². The SMILES string of the molecule is CC(C)=CCCC(C)CCOCC=[N+]([O-])Cc1ccccc1. The van der Waals surface area contributed by atoms with Crippen molar-refractivity contribution in [1.82, 2.24) is 0 Å². The lowest BCUT2D eigenvalue weighted by atomic mass is 10.0. The summed E-state index contributed by atoms with van der Waals surface area (Å²) < 4.78 is 6.47. The highest BCUT2D eigenvalue weighted by Crippen LogP contribution is 2.11. The van der Waals surface area contributed by atoms with Crippen molar-refractivity contribution in [3.8, 4) is 0 Å². The van der Waals surface area contributed by atoms with Crippen molar-refractivity contribution in [2.24, 2.45) is 5.92 Å². The standard InChI is InChI=1S/C19H29NO2/c1-17(2)8-7-9-18(3)12-14-22-15-13-20(21)16-19-10-5-4-6-11-19/h4-6,8,10-11,13,18H,7,9,12,14-16H2,1-3H3. The number of nitrogens with zero attached hydrogens (tertiary/aromatic N) is 1. The van der Waals surface area contributed by atoms with Crippen LogP contribution in [0.5, 0.6) is 0 Å². The Hall–Kier alpha value is -1.61. The van der Waals surface area contributed by atoms with E-state index in [1.165, 1.54) is 12.0 Å². The van der Waals surface area contributed by atoms with E-state index in [9.17, 15) is 5.21 Å². The van der Waals surface area contributed by atoms with Gasteiger partial charge in [0.25, 0.3) is 0 Å². The lowest BCUT2D eigenvalue weighted by Crippen LogP contribution is -2.10. The molecule has 0 radical (unpaired) electrons. The van der Waals surface area contributed by atoms with Gasteiger partial charge in [-0.3, -0.25) is 0 Å². The number of hydrogen-bond donors (Lipinski definition) is 0. The lowest BCUT2D eigenvalue weighted by molar-refractivity contribution is -0.471. The predicted molar refractivity (Wildman–Crippen MR) is 93.1 cm³/mol. The van der Waals surface area contributed by atoms with E-state index < -0.39 is 0 Å². The minimum absolute atomic E-state index is 0.378. The molecule has 0 N–H and O–H groups in total. The molecule has 3 nitrogen and oxygen atoms in total. The van der Waals surface area contributed by atoms with Crippen LogP contribution in [0.1, 0.15) is 45.6 Å². The normalized spacial score (nSPS) is 13.0. The highest BCUT2D eigenvalue weighted by Gasteiger charge is 2.01. The summed E-state index contributed by atoms with van der Waals surface area (Å²) in [5.41, 5.74) is 2.40. The largest absolute Gasteiger partial charge is 0.624 e. The fraction of sp³-hybridized carbons (Fsp3) is 0.526. The molecule has 0 aromatic heterocycles. The van der Waals surface area contributed by atoms with Crippen LogP contribution in [0.2, 0.25) is 0 Å². The van der Waals surface area contributed by atoms with Crippen LogP contribution in [0.4, 0.5) is 0 Å². The molecule has 0 bridgehead atoms. The van der Waals surface area contributed by atoms with Crippen molar-refractivity contribution in [3.63, 3.8) is 0 Å². The van der Waals surface area contributed by atoms with Crippen LogP contribution >= 0.6 is 0 Å². The Labute approximate surface area is 134 Å². The van der Waals surface area contributed by atoms with Crippen molar-refractivity contribution in [2.45, 2.75) is 46.6 Å². The molecule has 0 saturated carbocycles. The van der Waals surface area contributed by atoms with E-state index in [0.29, 0.717) is 25.7 Å². The van der Waals surface area contributed by atoms with Gasteiger partial charge in [-0.2, -0.15) is 0 Å². The quantitative estimate of drug-likeness (QED) is 0.159. The van der Waals surface area contributed by atoms with Gasteiger partial charge in [0.2, 0.25) is 0 Å². The molecular weight excluding hydrogens is 274 g/mol. The first kappa shape index (κ1) is 18.4. The average Bonchev–Trinajstić information content (AvgIpc) is 2.47. The van der Waals surface area contributed by atoms with Crippen LogP contribution < -0.4 is 0 Å². The molecule has 1 rings (SSSR count). The summed E-state index contributed by atoms with van der Waals surface area (Å²) in [5.74, 6) is 0.656. The Morgan fingerprint density at radius 1 is 1.23 bits per heavy atom. The minimum Gasteiger partial charge on any atom is -0.624 e. The molecule has 1 aromatic rings. The monoisotopic (exact) mass is 303 g/mol. The molecule has 1 aromatic carbocycles. The highest BCUT2D eigenvalue weighted by atomic mass is 16.5. The first-order valence-corrected chi connectivity index (χ1v) is 8.10.